The summed E-state index contributed by atoms with van der Waals surface area (Å²) in [4.78, 5) is 3.89. The lowest BCUT2D eigenvalue weighted by molar-refractivity contribution is -0.0512. The molecule has 0 spiro atoms. The minimum absolute atomic E-state index is 0.0173. The average molecular weight is 299 g/mol. The second-order valence-corrected chi connectivity index (χ2v) is 4.13. The van der Waals surface area contributed by atoms with E-state index in [1.165, 1.54) is 19.5 Å². The van der Waals surface area contributed by atoms with Crippen LogP contribution in [0.5, 0.6) is 11.5 Å². The summed E-state index contributed by atoms with van der Waals surface area (Å²) in [6, 6.07) is 4.88. The Morgan fingerprint density at radius 3 is 2.86 bits per heavy atom. The average Bonchev–Trinajstić information content (AvgIpc) is 2.96. The van der Waals surface area contributed by atoms with E-state index >= 15 is 0 Å². The Labute approximate surface area is 120 Å². The summed E-state index contributed by atoms with van der Waals surface area (Å²) >= 11 is 0. The van der Waals surface area contributed by atoms with Crippen molar-refractivity contribution in [1.82, 2.24) is 15.5 Å². The van der Waals surface area contributed by atoms with Crippen LogP contribution in [0.1, 0.15) is 11.5 Å². The molecule has 1 N–H and O–H groups in total. The van der Waals surface area contributed by atoms with Crippen LogP contribution in [0.3, 0.4) is 0 Å². The molecule has 21 heavy (non-hydrogen) atoms. The molecule has 1 aromatic heterocycles. The molecule has 0 aliphatic heterocycles. The normalized spacial score (nSPS) is 10.9. The van der Waals surface area contributed by atoms with Crippen LogP contribution in [0.2, 0.25) is 0 Å². The molecule has 6 nitrogen and oxygen atoms in total. The molecule has 2 aromatic rings. The van der Waals surface area contributed by atoms with Gasteiger partial charge in [-0.1, -0.05) is 11.2 Å². The first-order valence-electron chi connectivity index (χ1n) is 6.27. The maximum Gasteiger partial charge on any atom is 0.387 e. The third kappa shape index (κ3) is 4.67. The molecule has 0 radical (unpaired) electrons. The van der Waals surface area contributed by atoms with Crippen molar-refractivity contribution in [3.8, 4) is 11.5 Å². The number of hydrogen-bond donors (Lipinski definition) is 1. The SMILES string of the molecule is COc1ccc(CNCCc2ncno2)cc1OC(F)F. The maximum absolute atomic E-state index is 12.3. The highest BCUT2D eigenvalue weighted by Gasteiger charge is 2.11. The van der Waals surface area contributed by atoms with Crippen molar-refractivity contribution in [1.29, 1.82) is 0 Å². The van der Waals surface area contributed by atoms with E-state index in [1.54, 1.807) is 12.1 Å². The zero-order chi connectivity index (χ0) is 15.1. The van der Waals surface area contributed by atoms with Crippen LogP contribution in [0.25, 0.3) is 0 Å². The monoisotopic (exact) mass is 299 g/mol. The second-order valence-electron chi connectivity index (χ2n) is 4.13. The Morgan fingerprint density at radius 2 is 2.19 bits per heavy atom. The Balaban J connectivity index is 1.87. The number of rotatable bonds is 8. The molecule has 0 saturated carbocycles. The topological polar surface area (TPSA) is 69.4 Å². The zero-order valence-corrected chi connectivity index (χ0v) is 11.4. The van der Waals surface area contributed by atoms with Crippen molar-refractivity contribution < 1.29 is 22.8 Å². The van der Waals surface area contributed by atoms with Gasteiger partial charge in [-0.3, -0.25) is 0 Å². The van der Waals surface area contributed by atoms with E-state index in [4.69, 9.17) is 9.26 Å². The molecular weight excluding hydrogens is 284 g/mol. The van der Waals surface area contributed by atoms with E-state index < -0.39 is 6.61 Å². The summed E-state index contributed by atoms with van der Waals surface area (Å²) in [5.74, 6) is 0.826. The summed E-state index contributed by atoms with van der Waals surface area (Å²) in [5, 5.41) is 6.65. The summed E-state index contributed by atoms with van der Waals surface area (Å²) in [7, 11) is 1.40. The highest BCUT2D eigenvalue weighted by molar-refractivity contribution is 5.42. The minimum Gasteiger partial charge on any atom is -0.493 e. The Hall–Kier alpha value is -2.22. The van der Waals surface area contributed by atoms with Gasteiger partial charge < -0.3 is 19.3 Å². The van der Waals surface area contributed by atoms with Gasteiger partial charge in [0.15, 0.2) is 17.8 Å². The van der Waals surface area contributed by atoms with Crippen LogP contribution in [-0.2, 0) is 13.0 Å². The molecule has 0 aliphatic carbocycles. The van der Waals surface area contributed by atoms with Crippen LogP contribution in [-0.4, -0.2) is 30.4 Å². The number of benzene rings is 1. The van der Waals surface area contributed by atoms with E-state index in [1.807, 2.05) is 0 Å². The van der Waals surface area contributed by atoms with E-state index in [2.05, 4.69) is 20.2 Å². The number of aromatic nitrogens is 2. The van der Waals surface area contributed by atoms with Gasteiger partial charge >= 0.3 is 6.61 Å². The summed E-state index contributed by atoms with van der Waals surface area (Å²) < 4.78 is 38.9. The molecule has 1 heterocycles. The van der Waals surface area contributed by atoms with Crippen molar-refractivity contribution in [3.05, 3.63) is 36.0 Å². The Kier molecular flexibility index (Phi) is 5.44. The van der Waals surface area contributed by atoms with Gasteiger partial charge in [-0.25, -0.2) is 0 Å². The van der Waals surface area contributed by atoms with Gasteiger partial charge in [0, 0.05) is 19.5 Å². The number of hydrogen-bond acceptors (Lipinski definition) is 6. The number of nitrogens with zero attached hydrogens (tertiary/aromatic N) is 2. The van der Waals surface area contributed by atoms with E-state index in [-0.39, 0.29) is 11.5 Å². The lowest BCUT2D eigenvalue weighted by Crippen LogP contribution is -2.17. The number of halogens is 2. The first-order chi connectivity index (χ1) is 10.2. The van der Waals surface area contributed by atoms with Gasteiger partial charge in [-0.05, 0) is 17.7 Å². The molecule has 1 aromatic carbocycles. The largest absolute Gasteiger partial charge is 0.493 e. The van der Waals surface area contributed by atoms with E-state index in [0.29, 0.717) is 25.4 Å². The van der Waals surface area contributed by atoms with Crippen LogP contribution < -0.4 is 14.8 Å². The Morgan fingerprint density at radius 1 is 1.33 bits per heavy atom. The first kappa shape index (κ1) is 15.2. The molecular formula is C13H15F2N3O3. The van der Waals surface area contributed by atoms with E-state index in [9.17, 15) is 8.78 Å². The Bertz CT molecular complexity index is 550. The van der Waals surface area contributed by atoms with Crippen molar-refractivity contribution in [3.63, 3.8) is 0 Å². The first-order valence-corrected chi connectivity index (χ1v) is 6.27. The lowest BCUT2D eigenvalue weighted by Gasteiger charge is -2.11. The van der Waals surface area contributed by atoms with Gasteiger partial charge in [0.1, 0.15) is 0 Å². The predicted octanol–water partition coefficient (Wildman–Crippen LogP) is 2.01. The molecule has 0 aliphatic rings. The van der Waals surface area contributed by atoms with Gasteiger partial charge in [0.2, 0.25) is 5.89 Å². The van der Waals surface area contributed by atoms with Crippen LogP contribution >= 0.6 is 0 Å². The molecule has 8 heteroatoms. The maximum atomic E-state index is 12.3. The quantitative estimate of drug-likeness (QED) is 0.752. The number of methoxy groups -OCH3 is 1. The third-order valence-corrected chi connectivity index (χ3v) is 2.70. The second kappa shape index (κ2) is 7.53. The third-order valence-electron chi connectivity index (χ3n) is 2.70. The van der Waals surface area contributed by atoms with Crippen LogP contribution in [0.15, 0.2) is 29.0 Å². The van der Waals surface area contributed by atoms with Crippen molar-refractivity contribution >= 4 is 0 Å². The van der Waals surface area contributed by atoms with Crippen molar-refractivity contribution in [2.75, 3.05) is 13.7 Å². The summed E-state index contributed by atoms with van der Waals surface area (Å²) in [6.07, 6.45) is 1.93. The fourth-order valence-electron chi connectivity index (χ4n) is 1.75. The molecule has 0 unspecified atom stereocenters. The smallest absolute Gasteiger partial charge is 0.387 e. The predicted molar refractivity (Wildman–Crippen MR) is 69.3 cm³/mol. The lowest BCUT2D eigenvalue weighted by atomic mass is 10.2. The van der Waals surface area contributed by atoms with E-state index in [0.717, 1.165) is 5.56 Å². The molecule has 2 rings (SSSR count). The van der Waals surface area contributed by atoms with Gasteiger partial charge in [-0.2, -0.15) is 13.8 Å². The van der Waals surface area contributed by atoms with Crippen molar-refractivity contribution in [2.24, 2.45) is 0 Å². The fraction of sp³-hybridized carbons (Fsp3) is 0.385. The van der Waals surface area contributed by atoms with Crippen LogP contribution in [0, 0.1) is 0 Å². The van der Waals surface area contributed by atoms with Crippen LogP contribution in [0.4, 0.5) is 8.78 Å². The van der Waals surface area contributed by atoms with Crippen molar-refractivity contribution in [2.45, 2.75) is 19.6 Å². The molecule has 0 atom stereocenters. The summed E-state index contributed by atoms with van der Waals surface area (Å²) in [5.41, 5.74) is 0.803. The molecule has 0 bridgehead atoms. The molecule has 114 valence electrons. The fourth-order valence-corrected chi connectivity index (χ4v) is 1.75. The molecule has 0 amide bonds. The zero-order valence-electron chi connectivity index (χ0n) is 11.4. The molecule has 0 saturated heterocycles. The number of ether oxygens (including phenoxy) is 2. The van der Waals surface area contributed by atoms with Gasteiger partial charge in [0.25, 0.3) is 0 Å². The molecule has 0 fully saturated rings. The van der Waals surface area contributed by atoms with Gasteiger partial charge in [-0.15, -0.1) is 0 Å². The summed E-state index contributed by atoms with van der Waals surface area (Å²) in [6.45, 7) is -1.77. The highest BCUT2D eigenvalue weighted by atomic mass is 19.3. The minimum atomic E-state index is -2.89. The highest BCUT2D eigenvalue weighted by Crippen LogP contribution is 2.29. The number of alkyl halides is 2. The number of nitrogens with one attached hydrogen (secondary N) is 1. The van der Waals surface area contributed by atoms with Gasteiger partial charge in [0.05, 0.1) is 7.11 Å². The standard InChI is InChI=1S/C13H15F2N3O3/c1-19-10-3-2-9(6-11(10)20-13(14)15)7-16-5-4-12-17-8-18-21-12/h2-3,6,8,13,16H,4-5,7H2,1H3.